The van der Waals surface area contributed by atoms with Crippen LogP contribution in [0.25, 0.3) is 11.3 Å². The summed E-state index contributed by atoms with van der Waals surface area (Å²) in [5.41, 5.74) is 3.24. The molecule has 1 N–H and O–H groups in total. The molecule has 1 aromatic carbocycles. The third kappa shape index (κ3) is 2.65. The molecule has 1 aromatic heterocycles. The van der Waals surface area contributed by atoms with Gasteiger partial charge in [0.05, 0.1) is 11.9 Å². The van der Waals surface area contributed by atoms with Gasteiger partial charge in [0.15, 0.2) is 0 Å². The molecule has 0 atom stereocenters. The Kier molecular flexibility index (Phi) is 3.76. The molecule has 0 aliphatic rings. The van der Waals surface area contributed by atoms with Gasteiger partial charge in [0.2, 0.25) is 0 Å². The zero-order chi connectivity index (χ0) is 12.3. The first-order valence-corrected chi connectivity index (χ1v) is 5.94. The summed E-state index contributed by atoms with van der Waals surface area (Å²) in [5.74, 6) is 0. The molecule has 0 fully saturated rings. The van der Waals surface area contributed by atoms with Crippen LogP contribution in [-0.2, 0) is 13.6 Å². The Morgan fingerprint density at radius 1 is 1.41 bits per heavy atom. The Hall–Kier alpha value is -1.39. The smallest absolute Gasteiger partial charge is 0.0885 e. The molecule has 0 aliphatic heterocycles. The van der Waals surface area contributed by atoms with Gasteiger partial charge in [-0.2, -0.15) is 0 Å². The molecule has 2 rings (SSSR count). The molecular weight excluding hydrogens is 236 g/mol. The van der Waals surface area contributed by atoms with Crippen molar-refractivity contribution < 1.29 is 0 Å². The van der Waals surface area contributed by atoms with Crippen LogP contribution in [0.4, 0.5) is 0 Å². The van der Waals surface area contributed by atoms with Crippen LogP contribution >= 0.6 is 11.6 Å². The molecular formula is C12H15ClN4. The average molecular weight is 251 g/mol. The summed E-state index contributed by atoms with van der Waals surface area (Å²) in [4.78, 5) is 0. The average Bonchev–Trinajstić information content (AvgIpc) is 2.74. The molecule has 0 spiro atoms. The van der Waals surface area contributed by atoms with Crippen LogP contribution in [0.3, 0.4) is 0 Å². The fourth-order valence-corrected chi connectivity index (χ4v) is 1.91. The van der Waals surface area contributed by atoms with E-state index in [1.165, 1.54) is 5.56 Å². The molecule has 5 heteroatoms. The summed E-state index contributed by atoms with van der Waals surface area (Å²) in [7, 11) is 1.88. The van der Waals surface area contributed by atoms with Gasteiger partial charge in [0, 0.05) is 24.2 Å². The molecule has 0 saturated carbocycles. The van der Waals surface area contributed by atoms with E-state index in [-0.39, 0.29) is 0 Å². The topological polar surface area (TPSA) is 42.7 Å². The zero-order valence-electron chi connectivity index (χ0n) is 9.94. The molecule has 0 aliphatic carbocycles. The number of nitrogens with zero attached hydrogens (tertiary/aromatic N) is 3. The fraction of sp³-hybridized carbons (Fsp3) is 0.333. The van der Waals surface area contributed by atoms with Crippen molar-refractivity contribution in [3.63, 3.8) is 0 Å². The lowest BCUT2D eigenvalue weighted by Crippen LogP contribution is -2.12. The number of hydrogen-bond donors (Lipinski definition) is 1. The van der Waals surface area contributed by atoms with Gasteiger partial charge in [0.1, 0.15) is 0 Å². The second-order valence-corrected chi connectivity index (χ2v) is 4.26. The lowest BCUT2D eigenvalue weighted by molar-refractivity contribution is 0.713. The monoisotopic (exact) mass is 250 g/mol. The molecule has 4 nitrogen and oxygen atoms in total. The van der Waals surface area contributed by atoms with Gasteiger partial charge in [-0.05, 0) is 24.2 Å². The molecule has 1 heterocycles. The minimum atomic E-state index is 0.724. The number of rotatable bonds is 4. The summed E-state index contributed by atoms with van der Waals surface area (Å²) < 4.78 is 1.75. The normalized spacial score (nSPS) is 10.8. The predicted octanol–water partition coefficient (Wildman–Crippen LogP) is 2.25. The number of nitrogens with one attached hydrogen (secondary N) is 1. The molecule has 90 valence electrons. The Morgan fingerprint density at radius 3 is 2.88 bits per heavy atom. The van der Waals surface area contributed by atoms with E-state index in [4.69, 9.17) is 11.6 Å². The van der Waals surface area contributed by atoms with E-state index in [0.717, 1.165) is 29.4 Å². The van der Waals surface area contributed by atoms with Crippen LogP contribution in [0, 0.1) is 0 Å². The van der Waals surface area contributed by atoms with Gasteiger partial charge in [0.25, 0.3) is 0 Å². The fourth-order valence-electron chi connectivity index (χ4n) is 1.73. The van der Waals surface area contributed by atoms with Gasteiger partial charge in [-0.3, -0.25) is 0 Å². The standard InChI is InChI=1S/C12H15ClN4/c1-3-14-7-9-4-5-10(13)6-11(9)12-8-15-16-17(12)2/h4-6,8,14H,3,7H2,1-2H3. The predicted molar refractivity (Wildman–Crippen MR) is 68.8 cm³/mol. The van der Waals surface area contributed by atoms with E-state index >= 15 is 0 Å². The summed E-state index contributed by atoms with van der Waals surface area (Å²) in [6.45, 7) is 3.83. The van der Waals surface area contributed by atoms with Gasteiger partial charge in [-0.15, -0.1) is 5.10 Å². The molecule has 0 unspecified atom stereocenters. The van der Waals surface area contributed by atoms with Crippen molar-refractivity contribution in [2.75, 3.05) is 6.54 Å². The maximum Gasteiger partial charge on any atom is 0.0885 e. The van der Waals surface area contributed by atoms with Crippen LogP contribution in [0.15, 0.2) is 24.4 Å². The maximum absolute atomic E-state index is 6.05. The van der Waals surface area contributed by atoms with Crippen LogP contribution in [0.5, 0.6) is 0 Å². The molecule has 0 radical (unpaired) electrons. The highest BCUT2D eigenvalue weighted by molar-refractivity contribution is 6.30. The van der Waals surface area contributed by atoms with Crippen molar-refractivity contribution in [1.82, 2.24) is 20.3 Å². The first-order chi connectivity index (χ1) is 8.22. The first-order valence-electron chi connectivity index (χ1n) is 5.56. The van der Waals surface area contributed by atoms with Gasteiger partial charge in [-0.1, -0.05) is 29.8 Å². The van der Waals surface area contributed by atoms with Crippen molar-refractivity contribution in [2.24, 2.45) is 7.05 Å². The van der Waals surface area contributed by atoms with E-state index in [0.29, 0.717) is 0 Å². The molecule has 0 bridgehead atoms. The van der Waals surface area contributed by atoms with Gasteiger partial charge >= 0.3 is 0 Å². The van der Waals surface area contributed by atoms with Crippen molar-refractivity contribution in [2.45, 2.75) is 13.5 Å². The van der Waals surface area contributed by atoms with Gasteiger partial charge < -0.3 is 5.32 Å². The molecule has 2 aromatic rings. The third-order valence-corrected chi connectivity index (χ3v) is 2.86. The maximum atomic E-state index is 6.05. The lowest BCUT2D eigenvalue weighted by Gasteiger charge is -2.10. The van der Waals surface area contributed by atoms with Crippen molar-refractivity contribution in [3.8, 4) is 11.3 Å². The van der Waals surface area contributed by atoms with Gasteiger partial charge in [-0.25, -0.2) is 4.68 Å². The van der Waals surface area contributed by atoms with E-state index in [1.54, 1.807) is 10.9 Å². The Morgan fingerprint density at radius 2 is 2.24 bits per heavy atom. The largest absolute Gasteiger partial charge is 0.313 e. The number of hydrogen-bond acceptors (Lipinski definition) is 3. The van der Waals surface area contributed by atoms with E-state index < -0.39 is 0 Å². The van der Waals surface area contributed by atoms with Crippen molar-refractivity contribution in [3.05, 3.63) is 35.0 Å². The summed E-state index contributed by atoms with van der Waals surface area (Å²) in [6.07, 6.45) is 1.75. The van der Waals surface area contributed by atoms with Crippen molar-refractivity contribution in [1.29, 1.82) is 0 Å². The van der Waals surface area contributed by atoms with Crippen LogP contribution in [0.1, 0.15) is 12.5 Å². The third-order valence-electron chi connectivity index (χ3n) is 2.63. The Labute approximate surface area is 106 Å². The number of aromatic nitrogens is 3. The Bertz CT molecular complexity index is 507. The van der Waals surface area contributed by atoms with E-state index in [2.05, 4.69) is 22.6 Å². The minimum absolute atomic E-state index is 0.724. The molecule has 0 amide bonds. The van der Waals surface area contributed by atoms with E-state index in [9.17, 15) is 0 Å². The lowest BCUT2D eigenvalue weighted by atomic mass is 10.0. The number of benzene rings is 1. The highest BCUT2D eigenvalue weighted by Gasteiger charge is 2.09. The Balaban J connectivity index is 2.43. The second kappa shape index (κ2) is 5.29. The van der Waals surface area contributed by atoms with Crippen LogP contribution in [0.2, 0.25) is 5.02 Å². The molecule has 17 heavy (non-hydrogen) atoms. The SMILES string of the molecule is CCNCc1ccc(Cl)cc1-c1cnnn1C. The van der Waals surface area contributed by atoms with Crippen LogP contribution in [-0.4, -0.2) is 21.5 Å². The van der Waals surface area contributed by atoms with E-state index in [1.807, 2.05) is 25.2 Å². The summed E-state index contributed by atoms with van der Waals surface area (Å²) in [6, 6.07) is 5.89. The zero-order valence-corrected chi connectivity index (χ0v) is 10.7. The highest BCUT2D eigenvalue weighted by atomic mass is 35.5. The summed E-state index contributed by atoms with van der Waals surface area (Å²) >= 11 is 6.05. The summed E-state index contributed by atoms with van der Waals surface area (Å²) in [5, 5.41) is 11.9. The highest BCUT2D eigenvalue weighted by Crippen LogP contribution is 2.25. The van der Waals surface area contributed by atoms with Crippen LogP contribution < -0.4 is 5.32 Å². The minimum Gasteiger partial charge on any atom is -0.313 e. The number of aryl methyl sites for hydroxylation is 1. The first kappa shape index (κ1) is 12.1. The quantitative estimate of drug-likeness (QED) is 0.905. The van der Waals surface area contributed by atoms with Crippen molar-refractivity contribution >= 4 is 11.6 Å². The second-order valence-electron chi connectivity index (χ2n) is 3.82. The molecule has 0 saturated heterocycles. The number of halogens is 1.